The molecule has 3 heterocycles. The Labute approximate surface area is 153 Å². The number of halogens is 1. The van der Waals surface area contributed by atoms with Crippen molar-refractivity contribution in [3.8, 4) is 0 Å². The second-order valence-electron chi connectivity index (χ2n) is 6.75. The zero-order valence-electron chi connectivity index (χ0n) is 15.2. The van der Waals surface area contributed by atoms with Crippen LogP contribution < -0.4 is 5.32 Å². The van der Waals surface area contributed by atoms with Crippen molar-refractivity contribution in [2.45, 2.75) is 45.7 Å². The van der Waals surface area contributed by atoms with E-state index in [0.29, 0.717) is 5.15 Å². The van der Waals surface area contributed by atoms with Gasteiger partial charge in [0.2, 0.25) is 5.91 Å². The van der Waals surface area contributed by atoms with Crippen LogP contribution >= 0.6 is 11.6 Å². The molecule has 1 saturated heterocycles. The predicted octanol–water partition coefficient (Wildman–Crippen LogP) is 2.64. The average Bonchev–Trinajstić information content (AvgIpc) is 3.21. The minimum absolute atomic E-state index is 0.0196. The molecule has 0 saturated carbocycles. The Bertz CT molecular complexity index is 767. The first-order valence-electron chi connectivity index (χ1n) is 8.65. The fourth-order valence-electron chi connectivity index (χ4n) is 3.63. The molecule has 0 aromatic carbocycles. The van der Waals surface area contributed by atoms with E-state index in [1.54, 1.807) is 11.6 Å². The van der Waals surface area contributed by atoms with Gasteiger partial charge < -0.3 is 9.73 Å². The first-order chi connectivity index (χ1) is 11.9. The summed E-state index contributed by atoms with van der Waals surface area (Å²) in [6.45, 7) is 7.88. The van der Waals surface area contributed by atoms with Crippen LogP contribution in [0, 0.1) is 6.92 Å². The van der Waals surface area contributed by atoms with E-state index < -0.39 is 0 Å². The fraction of sp³-hybridized carbons (Fsp3) is 0.556. The monoisotopic (exact) mass is 364 g/mol. The highest BCUT2D eigenvalue weighted by atomic mass is 35.5. The first kappa shape index (κ1) is 18.0. The number of furan rings is 1. The summed E-state index contributed by atoms with van der Waals surface area (Å²) in [6, 6.07) is 4.01. The predicted molar refractivity (Wildman–Crippen MR) is 96.7 cm³/mol. The molecule has 1 aliphatic rings. The number of amides is 1. The maximum atomic E-state index is 11.6. The topological polar surface area (TPSA) is 63.3 Å². The molecule has 0 radical (unpaired) electrons. The number of carbonyl (C=O) groups is 1. The summed E-state index contributed by atoms with van der Waals surface area (Å²) in [7, 11) is 1.86. The molecule has 0 aliphatic carbocycles. The number of likely N-dealkylation sites (tertiary alicyclic amines) is 1. The second kappa shape index (κ2) is 7.22. The molecule has 1 fully saturated rings. The minimum Gasteiger partial charge on any atom is -0.466 e. The van der Waals surface area contributed by atoms with Crippen molar-refractivity contribution in [2.75, 3.05) is 13.1 Å². The highest BCUT2D eigenvalue weighted by Crippen LogP contribution is 2.31. The van der Waals surface area contributed by atoms with Gasteiger partial charge in [-0.15, -0.1) is 0 Å². The standard InChI is InChI=1S/C18H25ClN4O2/c1-5-15-14(18(19)22(4)21-15)9-23-8-13(16(10-23)20-12(3)24)17-7-6-11(2)25-17/h6-7,13,16H,5,8-10H2,1-4H3,(H,20,24)/t13-,16-/m1/s1. The summed E-state index contributed by atoms with van der Waals surface area (Å²) < 4.78 is 7.56. The van der Waals surface area contributed by atoms with Crippen molar-refractivity contribution in [2.24, 2.45) is 7.05 Å². The molecule has 25 heavy (non-hydrogen) atoms. The van der Waals surface area contributed by atoms with E-state index in [2.05, 4.69) is 22.2 Å². The lowest BCUT2D eigenvalue weighted by atomic mass is 10.0. The summed E-state index contributed by atoms with van der Waals surface area (Å²) in [6.07, 6.45) is 0.847. The van der Waals surface area contributed by atoms with Crippen molar-refractivity contribution >= 4 is 17.5 Å². The van der Waals surface area contributed by atoms with E-state index in [-0.39, 0.29) is 17.9 Å². The summed E-state index contributed by atoms with van der Waals surface area (Å²) >= 11 is 6.43. The van der Waals surface area contributed by atoms with Crippen molar-refractivity contribution in [3.05, 3.63) is 40.1 Å². The molecule has 1 amide bonds. The third kappa shape index (κ3) is 3.75. The Morgan fingerprint density at radius 2 is 2.20 bits per heavy atom. The number of carbonyl (C=O) groups excluding carboxylic acids is 1. The lowest BCUT2D eigenvalue weighted by Crippen LogP contribution is -2.38. The quantitative estimate of drug-likeness (QED) is 0.885. The molecular formula is C18H25ClN4O2. The fourth-order valence-corrected chi connectivity index (χ4v) is 3.83. The molecule has 0 spiro atoms. The molecule has 2 aromatic heterocycles. The molecule has 3 rings (SSSR count). The van der Waals surface area contributed by atoms with E-state index in [0.717, 1.165) is 48.8 Å². The number of aryl methyl sites for hydroxylation is 3. The minimum atomic E-state index is -0.0196. The zero-order valence-corrected chi connectivity index (χ0v) is 15.9. The Hall–Kier alpha value is -1.79. The Morgan fingerprint density at radius 1 is 1.44 bits per heavy atom. The number of rotatable bonds is 5. The summed E-state index contributed by atoms with van der Waals surface area (Å²) in [4.78, 5) is 13.9. The van der Waals surface area contributed by atoms with Gasteiger partial charge in [-0.2, -0.15) is 5.10 Å². The van der Waals surface area contributed by atoms with Crippen molar-refractivity contribution in [1.29, 1.82) is 0 Å². The molecule has 1 N–H and O–H groups in total. The van der Waals surface area contributed by atoms with Crippen LogP contribution in [0.1, 0.15) is 42.5 Å². The maximum Gasteiger partial charge on any atom is 0.217 e. The van der Waals surface area contributed by atoms with Crippen LogP contribution in [0.4, 0.5) is 0 Å². The van der Waals surface area contributed by atoms with Gasteiger partial charge in [-0.25, -0.2) is 0 Å². The van der Waals surface area contributed by atoms with Gasteiger partial charge in [0.05, 0.1) is 17.7 Å². The number of aromatic nitrogens is 2. The van der Waals surface area contributed by atoms with Gasteiger partial charge in [-0.3, -0.25) is 14.4 Å². The van der Waals surface area contributed by atoms with Crippen LogP contribution in [-0.2, 0) is 24.8 Å². The number of hydrogen-bond acceptors (Lipinski definition) is 4. The third-order valence-electron chi connectivity index (χ3n) is 4.78. The van der Waals surface area contributed by atoms with Gasteiger partial charge in [0.25, 0.3) is 0 Å². The summed E-state index contributed by atoms with van der Waals surface area (Å²) in [5.41, 5.74) is 2.10. The van der Waals surface area contributed by atoms with Crippen molar-refractivity contribution in [1.82, 2.24) is 20.0 Å². The number of nitrogens with one attached hydrogen (secondary N) is 1. The largest absolute Gasteiger partial charge is 0.466 e. The number of hydrogen-bond donors (Lipinski definition) is 1. The molecule has 136 valence electrons. The molecule has 6 nitrogen and oxygen atoms in total. The molecule has 0 unspecified atom stereocenters. The van der Waals surface area contributed by atoms with Gasteiger partial charge in [-0.05, 0) is 25.5 Å². The van der Waals surface area contributed by atoms with E-state index in [9.17, 15) is 4.79 Å². The van der Waals surface area contributed by atoms with Gasteiger partial charge in [0.15, 0.2) is 0 Å². The Balaban J connectivity index is 1.81. The van der Waals surface area contributed by atoms with E-state index in [4.69, 9.17) is 16.0 Å². The molecule has 1 aliphatic heterocycles. The molecule has 7 heteroatoms. The van der Waals surface area contributed by atoms with Crippen LogP contribution in [0.25, 0.3) is 0 Å². The van der Waals surface area contributed by atoms with Gasteiger partial charge in [0, 0.05) is 39.2 Å². The highest BCUT2D eigenvalue weighted by molar-refractivity contribution is 6.30. The smallest absolute Gasteiger partial charge is 0.217 e. The van der Waals surface area contributed by atoms with E-state index >= 15 is 0 Å². The lowest BCUT2D eigenvalue weighted by Gasteiger charge is -2.17. The van der Waals surface area contributed by atoms with Crippen LogP contribution in [0.5, 0.6) is 0 Å². The first-order valence-corrected chi connectivity index (χ1v) is 9.02. The van der Waals surface area contributed by atoms with Crippen LogP contribution in [0.3, 0.4) is 0 Å². The van der Waals surface area contributed by atoms with Gasteiger partial charge >= 0.3 is 0 Å². The normalized spacial score (nSPS) is 21.0. The molecule has 2 aromatic rings. The Kier molecular flexibility index (Phi) is 5.20. The summed E-state index contributed by atoms with van der Waals surface area (Å²) in [5, 5.41) is 8.24. The maximum absolute atomic E-state index is 11.6. The highest BCUT2D eigenvalue weighted by Gasteiger charge is 2.37. The SMILES string of the molecule is CCc1nn(C)c(Cl)c1CN1C[C@@H](NC(C)=O)[C@H](c2ccc(C)o2)C1. The van der Waals surface area contributed by atoms with Gasteiger partial charge in [-0.1, -0.05) is 18.5 Å². The van der Waals surface area contributed by atoms with Crippen molar-refractivity contribution in [3.63, 3.8) is 0 Å². The second-order valence-corrected chi connectivity index (χ2v) is 7.11. The van der Waals surface area contributed by atoms with Crippen LogP contribution in [0.2, 0.25) is 5.15 Å². The molecule has 2 atom stereocenters. The van der Waals surface area contributed by atoms with Gasteiger partial charge in [0.1, 0.15) is 16.7 Å². The zero-order chi connectivity index (χ0) is 18.1. The molecule has 0 bridgehead atoms. The van der Waals surface area contributed by atoms with Crippen LogP contribution in [0.15, 0.2) is 16.5 Å². The van der Waals surface area contributed by atoms with E-state index in [1.807, 2.05) is 26.1 Å². The van der Waals surface area contributed by atoms with Crippen LogP contribution in [-0.4, -0.2) is 39.7 Å². The Morgan fingerprint density at radius 3 is 2.80 bits per heavy atom. The number of nitrogens with zero attached hydrogens (tertiary/aromatic N) is 3. The average molecular weight is 365 g/mol. The van der Waals surface area contributed by atoms with Crippen molar-refractivity contribution < 1.29 is 9.21 Å². The van der Waals surface area contributed by atoms with E-state index in [1.165, 1.54) is 0 Å². The third-order valence-corrected chi connectivity index (χ3v) is 5.25. The molecular weight excluding hydrogens is 340 g/mol. The lowest BCUT2D eigenvalue weighted by molar-refractivity contribution is -0.119. The summed E-state index contributed by atoms with van der Waals surface area (Å²) in [5.74, 6) is 1.93.